The number of ether oxygens (including phenoxy) is 2. The minimum absolute atomic E-state index is 0.0317. The van der Waals surface area contributed by atoms with Crippen LogP contribution in [0.25, 0.3) is 10.9 Å². The van der Waals surface area contributed by atoms with Crippen LogP contribution in [0.2, 0.25) is 0 Å². The van der Waals surface area contributed by atoms with Crippen molar-refractivity contribution in [2.45, 2.75) is 6.42 Å². The molecule has 1 fully saturated rings. The van der Waals surface area contributed by atoms with Crippen molar-refractivity contribution in [2.75, 3.05) is 57.9 Å². The van der Waals surface area contributed by atoms with Crippen LogP contribution in [0.15, 0.2) is 71.7 Å². The molecule has 0 amide bonds. The lowest BCUT2D eigenvalue weighted by molar-refractivity contribution is -0.119. The molecule has 0 saturated carbocycles. The van der Waals surface area contributed by atoms with Crippen molar-refractivity contribution in [1.82, 2.24) is 9.88 Å². The maximum absolute atomic E-state index is 12.8. The summed E-state index contributed by atoms with van der Waals surface area (Å²) in [5.74, 6) is -0.274. The number of esters is 1. The smallest absolute Gasteiger partial charge is 0.337 e. The maximum atomic E-state index is 12.8. The number of rotatable bonds is 8. The molecule has 0 bridgehead atoms. The number of carbonyl (C=O) groups is 2. The van der Waals surface area contributed by atoms with Gasteiger partial charge < -0.3 is 24.5 Å². The van der Waals surface area contributed by atoms with Gasteiger partial charge in [0.1, 0.15) is 0 Å². The van der Waals surface area contributed by atoms with Gasteiger partial charge in [0.15, 0.2) is 11.7 Å². The molecule has 1 saturated heterocycles. The topological polar surface area (TPSA) is 107 Å². The Morgan fingerprint density at radius 1 is 0.976 bits per heavy atom. The third-order valence-electron chi connectivity index (χ3n) is 7.65. The summed E-state index contributed by atoms with van der Waals surface area (Å²) in [6.07, 6.45) is 0.832. The number of H-pyrrole nitrogens is 1. The molecule has 0 radical (unpaired) electrons. The molecule has 9 nitrogen and oxygen atoms in total. The molecule has 3 heterocycles. The summed E-state index contributed by atoms with van der Waals surface area (Å²) in [6, 6.07) is 20.9. The second-order valence-corrected chi connectivity index (χ2v) is 10.3. The number of nitrogens with one attached hydrogen (secondary N) is 1. The largest absolute Gasteiger partial charge is 0.494 e. The molecule has 0 atom stereocenters. The zero-order chi connectivity index (χ0) is 28.3. The van der Waals surface area contributed by atoms with Gasteiger partial charge >= 0.3 is 5.97 Å². The van der Waals surface area contributed by atoms with Crippen LogP contribution in [0.1, 0.15) is 27.0 Å². The Morgan fingerprint density at radius 3 is 2.56 bits per heavy atom. The summed E-state index contributed by atoms with van der Waals surface area (Å²) in [7, 11) is 1.34. The first-order chi connectivity index (χ1) is 20.0. The SMILES string of the molecule is COC(=O)c1ccc2c(C(=Nc3ccc4c(c3)CCN4CC(=O)CN3CCOCC3)c3ccccc3)c(O)[nH]c2c1. The van der Waals surface area contributed by atoms with Gasteiger partial charge in [-0.25, -0.2) is 9.79 Å². The van der Waals surface area contributed by atoms with E-state index in [-0.39, 0.29) is 11.7 Å². The molecule has 0 spiro atoms. The van der Waals surface area contributed by atoms with Crippen molar-refractivity contribution in [2.24, 2.45) is 4.99 Å². The number of nitrogens with zero attached hydrogens (tertiary/aromatic N) is 3. The first-order valence-electron chi connectivity index (χ1n) is 13.8. The fraction of sp³-hybridized carbons (Fsp3) is 0.281. The molecule has 2 aliphatic heterocycles. The summed E-state index contributed by atoms with van der Waals surface area (Å²) in [5, 5.41) is 11.8. The van der Waals surface area contributed by atoms with Gasteiger partial charge in [-0.1, -0.05) is 36.4 Å². The number of aromatic nitrogens is 1. The summed E-state index contributed by atoms with van der Waals surface area (Å²) >= 11 is 0. The number of carbonyl (C=O) groups excluding carboxylic acids is 2. The van der Waals surface area contributed by atoms with Crippen LogP contribution in [0.5, 0.6) is 5.88 Å². The third kappa shape index (κ3) is 5.59. The number of aliphatic imine (C=N–C) groups is 1. The van der Waals surface area contributed by atoms with Crippen LogP contribution in [-0.4, -0.2) is 85.5 Å². The average molecular weight is 553 g/mol. The van der Waals surface area contributed by atoms with Crippen molar-refractivity contribution in [1.29, 1.82) is 0 Å². The quantitative estimate of drug-likeness (QED) is 0.250. The average Bonchev–Trinajstić information content (AvgIpc) is 3.55. The standard InChI is InChI=1S/C32H32N4O5/c1-40-32(39)23-7-9-26-27(18-23)34-31(38)29(26)30(21-5-3-2-4-6-21)33-24-8-10-28-22(17-24)11-12-36(28)20-25(37)19-35-13-15-41-16-14-35/h2-10,17-18,34,38H,11-16,19-20H2,1H3. The summed E-state index contributed by atoms with van der Waals surface area (Å²) in [5.41, 5.74) is 5.96. The van der Waals surface area contributed by atoms with E-state index in [4.69, 9.17) is 14.5 Å². The maximum Gasteiger partial charge on any atom is 0.337 e. The van der Waals surface area contributed by atoms with E-state index in [2.05, 4.69) is 20.9 Å². The van der Waals surface area contributed by atoms with Gasteiger partial charge in [-0.2, -0.15) is 0 Å². The van der Waals surface area contributed by atoms with Crippen LogP contribution in [0, 0.1) is 0 Å². The Morgan fingerprint density at radius 2 is 1.78 bits per heavy atom. The number of aromatic amines is 1. The molecule has 210 valence electrons. The molecule has 2 aliphatic rings. The first-order valence-corrected chi connectivity index (χ1v) is 13.8. The number of anilines is 1. The van der Waals surface area contributed by atoms with E-state index < -0.39 is 5.97 Å². The zero-order valence-corrected chi connectivity index (χ0v) is 22.9. The lowest BCUT2D eigenvalue weighted by Gasteiger charge is -2.27. The van der Waals surface area contributed by atoms with Crippen LogP contribution in [0.4, 0.5) is 11.4 Å². The number of ketones is 1. The van der Waals surface area contributed by atoms with E-state index >= 15 is 0 Å². The van der Waals surface area contributed by atoms with Crippen LogP contribution in [0.3, 0.4) is 0 Å². The number of hydrogen-bond donors (Lipinski definition) is 2. The Balaban J connectivity index is 1.31. The monoisotopic (exact) mass is 552 g/mol. The fourth-order valence-electron chi connectivity index (χ4n) is 5.62. The van der Waals surface area contributed by atoms with Crippen LogP contribution >= 0.6 is 0 Å². The van der Waals surface area contributed by atoms with Crippen molar-refractivity contribution in [3.05, 3.63) is 89.0 Å². The van der Waals surface area contributed by atoms with Crippen molar-refractivity contribution < 1.29 is 24.2 Å². The van der Waals surface area contributed by atoms with Gasteiger partial charge in [0.05, 0.1) is 55.9 Å². The van der Waals surface area contributed by atoms with Gasteiger partial charge in [-0.15, -0.1) is 0 Å². The normalized spacial score (nSPS) is 15.7. The molecule has 2 N–H and O–H groups in total. The highest BCUT2D eigenvalue weighted by Gasteiger charge is 2.24. The highest BCUT2D eigenvalue weighted by molar-refractivity contribution is 6.22. The predicted molar refractivity (Wildman–Crippen MR) is 158 cm³/mol. The van der Waals surface area contributed by atoms with Gasteiger partial charge in [0, 0.05) is 41.8 Å². The van der Waals surface area contributed by atoms with E-state index in [0.717, 1.165) is 53.9 Å². The minimum atomic E-state index is -0.450. The van der Waals surface area contributed by atoms with E-state index in [1.807, 2.05) is 42.5 Å². The fourth-order valence-corrected chi connectivity index (χ4v) is 5.62. The van der Waals surface area contributed by atoms with Crippen molar-refractivity contribution in [3.63, 3.8) is 0 Å². The molecule has 6 rings (SSSR count). The molecular weight excluding hydrogens is 520 g/mol. The van der Waals surface area contributed by atoms with Crippen molar-refractivity contribution >= 4 is 39.7 Å². The van der Waals surface area contributed by atoms with E-state index in [1.165, 1.54) is 7.11 Å². The lowest BCUT2D eigenvalue weighted by atomic mass is 10.00. The molecule has 0 aliphatic carbocycles. The number of methoxy groups -OCH3 is 1. The number of benzene rings is 3. The van der Waals surface area contributed by atoms with Gasteiger partial charge in [-0.05, 0) is 42.3 Å². The minimum Gasteiger partial charge on any atom is -0.494 e. The zero-order valence-electron chi connectivity index (χ0n) is 22.9. The third-order valence-corrected chi connectivity index (χ3v) is 7.65. The highest BCUT2D eigenvalue weighted by Crippen LogP contribution is 2.35. The Hall–Kier alpha value is -4.47. The Kier molecular flexibility index (Phi) is 7.54. The number of Topliss-reactive ketones (excluding diaryl/α,β-unsaturated/α-hetero) is 1. The predicted octanol–water partition coefficient (Wildman–Crippen LogP) is 4.09. The lowest BCUT2D eigenvalue weighted by Crippen LogP contribution is -2.42. The molecule has 9 heteroatoms. The molecule has 3 aromatic carbocycles. The van der Waals surface area contributed by atoms with E-state index in [9.17, 15) is 14.7 Å². The Labute approximate surface area is 238 Å². The van der Waals surface area contributed by atoms with Crippen molar-refractivity contribution in [3.8, 4) is 5.88 Å². The second kappa shape index (κ2) is 11.6. The van der Waals surface area contributed by atoms with Crippen LogP contribution < -0.4 is 4.90 Å². The molecule has 41 heavy (non-hydrogen) atoms. The number of morpholine rings is 1. The number of aromatic hydroxyl groups is 1. The van der Waals surface area contributed by atoms with E-state index in [0.29, 0.717) is 48.7 Å². The molecule has 1 aromatic heterocycles. The first kappa shape index (κ1) is 26.7. The Bertz CT molecular complexity index is 1620. The number of hydrogen-bond acceptors (Lipinski definition) is 8. The van der Waals surface area contributed by atoms with Gasteiger partial charge in [0.2, 0.25) is 0 Å². The highest BCUT2D eigenvalue weighted by atomic mass is 16.5. The second-order valence-electron chi connectivity index (χ2n) is 10.3. The van der Waals surface area contributed by atoms with Crippen LogP contribution in [-0.2, 0) is 20.7 Å². The molecule has 0 unspecified atom stereocenters. The summed E-state index contributed by atoms with van der Waals surface area (Å²) < 4.78 is 10.2. The molecular formula is C32H32N4O5. The molecule has 4 aromatic rings. The van der Waals surface area contributed by atoms with Gasteiger partial charge in [-0.3, -0.25) is 9.69 Å². The van der Waals surface area contributed by atoms with Gasteiger partial charge in [0.25, 0.3) is 0 Å². The summed E-state index contributed by atoms with van der Waals surface area (Å²) in [6.45, 7) is 4.58. The number of fused-ring (bicyclic) bond motifs is 2. The van der Waals surface area contributed by atoms with E-state index in [1.54, 1.807) is 18.2 Å². The summed E-state index contributed by atoms with van der Waals surface area (Å²) in [4.78, 5) is 37.2.